The number of hydrogen-bond donors (Lipinski definition) is 17. The number of nitrogens with one attached hydrogen (secondary N) is 2. The van der Waals surface area contributed by atoms with Gasteiger partial charge in [-0.3, -0.25) is 24.1 Å². The van der Waals surface area contributed by atoms with Crippen LogP contribution in [0.1, 0.15) is 97.3 Å². The highest BCUT2D eigenvalue weighted by Crippen LogP contribution is 2.38. The number of thioether (sulfide) groups is 1. The smallest absolute Gasteiger partial charge is 0.242 e. The molecule has 26 atom stereocenters. The molecule has 7 fully saturated rings. The highest BCUT2D eigenvalue weighted by molar-refractivity contribution is 8.00. The number of nitrogens with zero attached hydrogens (tertiary/aromatic N) is 1. The van der Waals surface area contributed by atoms with Gasteiger partial charge in [-0.15, -0.1) is 11.8 Å². The second-order valence-electron chi connectivity index (χ2n) is 23.8. The van der Waals surface area contributed by atoms with Crippen molar-refractivity contribution in [2.45, 2.75) is 256 Å². The van der Waals surface area contributed by atoms with E-state index >= 15 is 0 Å². The van der Waals surface area contributed by atoms with Gasteiger partial charge in [-0.2, -0.15) is 0 Å². The van der Waals surface area contributed by atoms with E-state index in [2.05, 4.69) is 5.32 Å². The van der Waals surface area contributed by atoms with Crippen molar-refractivity contribution in [3.8, 4) is 0 Å². The van der Waals surface area contributed by atoms with Crippen LogP contribution in [0.3, 0.4) is 0 Å². The molecule has 6 heterocycles. The lowest BCUT2D eigenvalue weighted by atomic mass is 9.79. The van der Waals surface area contributed by atoms with Gasteiger partial charge in [0.05, 0.1) is 38.3 Å². The van der Waals surface area contributed by atoms with Gasteiger partial charge in [0.2, 0.25) is 17.7 Å². The van der Waals surface area contributed by atoms with E-state index in [9.17, 15) is 95.8 Å². The molecule has 1 aliphatic carbocycles. The highest BCUT2D eigenvalue weighted by atomic mass is 32.2. The Labute approximate surface area is 518 Å². The average molecular weight is 1300 g/mol. The number of likely N-dealkylation sites (tertiary alicyclic amines) is 1. The number of aliphatic hydroxyl groups is 15. The number of amides is 3. The van der Waals surface area contributed by atoms with E-state index in [1.165, 1.54) is 16.7 Å². The Morgan fingerprint density at radius 3 is 1.61 bits per heavy atom. The average Bonchev–Trinajstić information content (AvgIpc) is 1.59. The van der Waals surface area contributed by atoms with Crippen molar-refractivity contribution in [1.82, 2.24) is 10.2 Å². The molecular formula is C56H93N3O29S. The summed E-state index contributed by atoms with van der Waals surface area (Å²) in [4.78, 5) is 53.0. The van der Waals surface area contributed by atoms with E-state index in [1.54, 1.807) is 0 Å². The zero-order valence-electron chi connectivity index (χ0n) is 49.8. The van der Waals surface area contributed by atoms with Gasteiger partial charge in [0.25, 0.3) is 0 Å². The summed E-state index contributed by atoms with van der Waals surface area (Å²) < 4.78 is 57.6. The number of ketones is 1. The number of unbranched alkanes of at least 4 members (excludes halogenated alkanes) is 3. The number of Topliss-reactive ketones (excluding diaryl/α,β-unsaturated/α-hetero) is 1. The van der Waals surface area contributed by atoms with Crippen molar-refractivity contribution >= 4 is 41.0 Å². The van der Waals surface area contributed by atoms with Gasteiger partial charge in [-0.1, -0.05) is 19.8 Å². The zero-order valence-corrected chi connectivity index (χ0v) is 50.6. The predicted molar refractivity (Wildman–Crippen MR) is 300 cm³/mol. The van der Waals surface area contributed by atoms with E-state index in [0.29, 0.717) is 70.0 Å². The van der Waals surface area contributed by atoms with Gasteiger partial charge < -0.3 is 135 Å². The van der Waals surface area contributed by atoms with E-state index < -0.39 is 192 Å². The van der Waals surface area contributed by atoms with Crippen molar-refractivity contribution < 1.29 is 143 Å². The fraction of sp³-hybridized carbons (Fsp3) is 0.911. The zero-order chi connectivity index (χ0) is 65.0. The van der Waals surface area contributed by atoms with Crippen LogP contribution in [0.25, 0.3) is 0 Å². The van der Waals surface area contributed by atoms with E-state index in [4.69, 9.17) is 52.8 Å². The molecule has 7 rings (SSSR count). The van der Waals surface area contributed by atoms with Gasteiger partial charge in [-0.25, -0.2) is 0 Å². The Morgan fingerprint density at radius 1 is 0.551 bits per heavy atom. The van der Waals surface area contributed by atoms with Crippen LogP contribution in [-0.4, -0.2) is 321 Å². The molecule has 0 radical (unpaired) electrons. The summed E-state index contributed by atoms with van der Waals surface area (Å²) >= 11 is 1.49. The molecule has 0 aromatic carbocycles. The van der Waals surface area contributed by atoms with Crippen LogP contribution in [0.4, 0.5) is 0 Å². The number of carbonyl (C=O) groups excluding carboxylic acids is 4. The standard InChI is InChI=1S/C56H93N3O29S/c1-3-27(57)9-8-16-89-34-17-35(67)59(51(34)78)18-25-11-13-26(14-12-25)28(66)10-6-4-5-7-15-79-53-44(75)41(72)47(32(22-63)83-53)85-55-45(76)42(73)48(33(23-64)84-55)86-56-46(77)50(39(70)31(21-62)82-56)88-52-36(58-24(2)65)49(38(69)30(20-61)80-52)87-54-43(74)40(71)37(68)29(19-60)81-54/h25-26,29-34,36-50,52-57,60-64,68-77H,3-23H2,1-2H3,(H,58,65)/t25?,26?,29?,30?,31?,32?,33?,34?,36?,37-,38-,39-,40-,41+,42+,43?,44?,45?,46?,47+,48-,49+,50-,52-,53+,54-,55-,56+/m0/s1. The molecule has 33 heteroatoms. The maximum atomic E-state index is 13.2. The highest BCUT2D eigenvalue weighted by Gasteiger charge is 2.57. The van der Waals surface area contributed by atoms with Gasteiger partial charge in [0.1, 0.15) is 128 Å². The molecule has 7 aliphatic rings. The second kappa shape index (κ2) is 34.6. The minimum Gasteiger partial charge on any atom is -0.394 e. The summed E-state index contributed by atoms with van der Waals surface area (Å²) in [6.07, 6.45) is -36.0. The van der Waals surface area contributed by atoms with Crippen LogP contribution < -0.4 is 5.32 Å². The molecule has 0 bridgehead atoms. The third-order valence-corrected chi connectivity index (χ3v) is 18.9. The molecular weight excluding hydrogens is 1210 g/mol. The normalized spacial score (nSPS) is 42.2. The molecule has 6 saturated heterocycles. The molecule has 0 aromatic rings. The Kier molecular flexibility index (Phi) is 28.7. The molecule has 89 heavy (non-hydrogen) atoms. The molecule has 3 amide bonds. The summed E-state index contributed by atoms with van der Waals surface area (Å²) in [5.41, 5.74) is 0.676. The molecule has 11 unspecified atom stereocenters. The first-order chi connectivity index (χ1) is 42.5. The lowest BCUT2D eigenvalue weighted by molar-refractivity contribution is -0.389. The van der Waals surface area contributed by atoms with E-state index in [0.717, 1.165) is 31.9 Å². The Morgan fingerprint density at radius 2 is 1.03 bits per heavy atom. The van der Waals surface area contributed by atoms with Crippen molar-refractivity contribution in [1.29, 1.82) is 5.41 Å². The van der Waals surface area contributed by atoms with Crippen molar-refractivity contribution in [2.75, 3.05) is 51.9 Å². The summed E-state index contributed by atoms with van der Waals surface area (Å²) in [5.74, 6) is -0.150. The van der Waals surface area contributed by atoms with Crippen LogP contribution >= 0.6 is 11.8 Å². The quantitative estimate of drug-likeness (QED) is 0.0174. The Balaban J connectivity index is 0.860. The van der Waals surface area contributed by atoms with Crippen LogP contribution in [0.5, 0.6) is 0 Å². The molecule has 6 aliphatic heterocycles. The monoisotopic (exact) mass is 1300 g/mol. The number of rotatable bonds is 31. The minimum absolute atomic E-state index is 0.0484. The van der Waals surface area contributed by atoms with Gasteiger partial charge in [-0.05, 0) is 69.5 Å². The molecule has 0 aromatic heterocycles. The van der Waals surface area contributed by atoms with E-state index in [-0.39, 0.29) is 47.7 Å². The van der Waals surface area contributed by atoms with Crippen LogP contribution in [0.15, 0.2) is 0 Å². The topological polar surface area (TPSA) is 503 Å². The lowest BCUT2D eigenvalue weighted by Crippen LogP contribution is -2.70. The number of imide groups is 1. The van der Waals surface area contributed by atoms with Gasteiger partial charge >= 0.3 is 0 Å². The lowest BCUT2D eigenvalue weighted by Gasteiger charge is -2.50. The molecule has 1 saturated carbocycles. The summed E-state index contributed by atoms with van der Waals surface area (Å²) in [5, 5.41) is 172. The number of aliphatic hydroxyl groups excluding tert-OH is 15. The molecule has 512 valence electrons. The van der Waals surface area contributed by atoms with Crippen LogP contribution in [-0.2, 0) is 66.5 Å². The SMILES string of the molecule is CCC(=N)CCCSC1CC(=O)N(CC2CCC(C(=O)CCCCCCO[C@@H]3OC(CO)[C@@H](O[C@@H]4OC(CO)[C@H](O[C@H]5OC(CO)[C@H](O)[C@H](O[C@@H]6OC(CO)[C@H](O)[C@H](O[C@@H]7OC(CO)[C@H](O)[C@H](O)C7O)C6NC(C)=O)C5O)[C@H](O)C4O)[C@H](O)C3O)CC2)C1=O. The number of ether oxygens (including phenoxy) is 10. The summed E-state index contributed by atoms with van der Waals surface area (Å²) in [6, 6.07) is -1.69. The van der Waals surface area contributed by atoms with Crippen molar-refractivity contribution in [2.24, 2.45) is 11.8 Å². The first kappa shape index (κ1) is 73.7. The minimum atomic E-state index is -2.18. The first-order valence-corrected chi connectivity index (χ1v) is 31.7. The third-order valence-electron chi connectivity index (χ3n) is 17.6. The summed E-state index contributed by atoms with van der Waals surface area (Å²) in [7, 11) is 0. The fourth-order valence-electron chi connectivity index (χ4n) is 12.3. The first-order valence-electron chi connectivity index (χ1n) is 30.7. The molecule has 17 N–H and O–H groups in total. The third kappa shape index (κ3) is 18.2. The predicted octanol–water partition coefficient (Wildman–Crippen LogP) is -6.36. The van der Waals surface area contributed by atoms with Crippen molar-refractivity contribution in [3.05, 3.63) is 0 Å². The summed E-state index contributed by atoms with van der Waals surface area (Å²) in [6.45, 7) is -1.24. The van der Waals surface area contributed by atoms with Crippen molar-refractivity contribution in [3.63, 3.8) is 0 Å². The van der Waals surface area contributed by atoms with Gasteiger partial charge in [0.15, 0.2) is 31.5 Å². The fourth-order valence-corrected chi connectivity index (χ4v) is 13.4. The largest absolute Gasteiger partial charge is 0.394 e. The van der Waals surface area contributed by atoms with Crippen LogP contribution in [0.2, 0.25) is 0 Å². The maximum Gasteiger partial charge on any atom is 0.242 e. The Hall–Kier alpha value is -2.70. The van der Waals surface area contributed by atoms with Gasteiger partial charge in [0, 0.05) is 44.5 Å². The molecule has 32 nitrogen and oxygen atoms in total. The Bertz CT molecular complexity index is 2240. The maximum absolute atomic E-state index is 13.2. The van der Waals surface area contributed by atoms with E-state index in [1.807, 2.05) is 6.92 Å². The molecule has 0 spiro atoms. The number of carbonyl (C=O) groups is 4. The number of hydrogen-bond acceptors (Lipinski definition) is 31. The second-order valence-corrected chi connectivity index (χ2v) is 25.2. The van der Waals surface area contributed by atoms with Crippen LogP contribution in [0, 0.1) is 17.2 Å².